The van der Waals surface area contributed by atoms with Gasteiger partial charge in [0, 0.05) is 42.5 Å². The molecule has 190 valence electrons. The van der Waals surface area contributed by atoms with Crippen molar-refractivity contribution in [1.82, 2.24) is 24.4 Å². The standard InChI is InChI=1S/C29H32N6O2/c1-29(2,3)37-28(36)34-16-14-20(17-34)18-8-10-21(11-9-18)35-26(22-5-4-15-31-25(22)30)33-24-13-12-23(19-6-7-19)32-27(24)35/h4-5,8-13,15,19-20H,6-7,14,16-17H2,1-3H3,(H2,30,31). The van der Waals surface area contributed by atoms with Gasteiger partial charge in [-0.25, -0.2) is 19.7 Å². The number of imidazole rings is 1. The van der Waals surface area contributed by atoms with E-state index in [1.54, 1.807) is 11.1 Å². The third-order valence-electron chi connectivity index (χ3n) is 7.06. The monoisotopic (exact) mass is 496 g/mol. The highest BCUT2D eigenvalue weighted by atomic mass is 16.6. The Morgan fingerprint density at radius 3 is 2.49 bits per heavy atom. The van der Waals surface area contributed by atoms with E-state index in [2.05, 4.69) is 45.9 Å². The Balaban J connectivity index is 1.34. The van der Waals surface area contributed by atoms with Gasteiger partial charge in [-0.05, 0) is 82.0 Å². The maximum absolute atomic E-state index is 12.5. The first-order valence-electron chi connectivity index (χ1n) is 13.0. The molecule has 0 bridgehead atoms. The van der Waals surface area contributed by atoms with Crippen LogP contribution in [0.4, 0.5) is 10.6 Å². The number of anilines is 1. The number of nitrogen functional groups attached to an aromatic ring is 1. The molecule has 1 saturated heterocycles. The minimum absolute atomic E-state index is 0.243. The number of carbonyl (C=O) groups excluding carboxylic acids is 1. The summed E-state index contributed by atoms with van der Waals surface area (Å²) in [4.78, 5) is 28.6. The maximum Gasteiger partial charge on any atom is 0.410 e. The quantitative estimate of drug-likeness (QED) is 0.391. The van der Waals surface area contributed by atoms with E-state index in [4.69, 9.17) is 20.4 Å². The molecule has 2 aliphatic rings. The van der Waals surface area contributed by atoms with E-state index in [9.17, 15) is 4.79 Å². The minimum atomic E-state index is -0.493. The summed E-state index contributed by atoms with van der Waals surface area (Å²) in [6.07, 6.45) is 4.73. The van der Waals surface area contributed by atoms with Gasteiger partial charge in [-0.1, -0.05) is 12.1 Å². The highest BCUT2D eigenvalue weighted by molar-refractivity contribution is 5.83. The summed E-state index contributed by atoms with van der Waals surface area (Å²) in [6, 6.07) is 16.5. The van der Waals surface area contributed by atoms with Crippen LogP contribution in [0.5, 0.6) is 0 Å². The summed E-state index contributed by atoms with van der Waals surface area (Å²) in [6.45, 7) is 7.05. The molecule has 1 aromatic carbocycles. The number of nitrogens with zero attached hydrogens (tertiary/aromatic N) is 5. The van der Waals surface area contributed by atoms with Crippen LogP contribution in [-0.2, 0) is 4.74 Å². The Morgan fingerprint density at radius 2 is 1.78 bits per heavy atom. The van der Waals surface area contributed by atoms with Crippen LogP contribution in [0.1, 0.15) is 63.1 Å². The Kier molecular flexibility index (Phi) is 5.62. The largest absolute Gasteiger partial charge is 0.444 e. The van der Waals surface area contributed by atoms with Gasteiger partial charge < -0.3 is 15.4 Å². The smallest absolute Gasteiger partial charge is 0.410 e. The van der Waals surface area contributed by atoms with Crippen LogP contribution in [0.2, 0.25) is 0 Å². The number of nitrogens with two attached hydrogens (primary N) is 1. The van der Waals surface area contributed by atoms with Gasteiger partial charge in [0.2, 0.25) is 0 Å². The molecular weight excluding hydrogens is 464 g/mol. The number of amides is 1. The summed E-state index contributed by atoms with van der Waals surface area (Å²) in [5.74, 6) is 1.98. The van der Waals surface area contributed by atoms with Crippen molar-refractivity contribution in [2.45, 2.75) is 57.5 Å². The van der Waals surface area contributed by atoms with Crippen molar-refractivity contribution < 1.29 is 9.53 Å². The number of benzene rings is 1. The summed E-state index contributed by atoms with van der Waals surface area (Å²) in [5, 5.41) is 0. The van der Waals surface area contributed by atoms with E-state index in [1.807, 2.05) is 32.9 Å². The Morgan fingerprint density at radius 1 is 1.00 bits per heavy atom. The lowest BCUT2D eigenvalue weighted by molar-refractivity contribution is 0.0292. The zero-order valence-electron chi connectivity index (χ0n) is 21.5. The van der Waals surface area contributed by atoms with Crippen molar-refractivity contribution >= 4 is 23.1 Å². The maximum atomic E-state index is 12.5. The van der Waals surface area contributed by atoms with Crippen molar-refractivity contribution in [2.24, 2.45) is 0 Å². The molecule has 8 heteroatoms. The number of rotatable bonds is 4. The van der Waals surface area contributed by atoms with E-state index in [-0.39, 0.29) is 12.0 Å². The fraction of sp³-hybridized carbons (Fsp3) is 0.379. The van der Waals surface area contributed by atoms with E-state index in [1.165, 1.54) is 18.4 Å². The van der Waals surface area contributed by atoms with Gasteiger partial charge >= 0.3 is 6.09 Å². The van der Waals surface area contributed by atoms with Gasteiger partial charge in [0.15, 0.2) is 11.5 Å². The molecule has 4 heterocycles. The second-order valence-corrected chi connectivity index (χ2v) is 11.1. The molecule has 2 fully saturated rings. The summed E-state index contributed by atoms with van der Waals surface area (Å²) in [7, 11) is 0. The van der Waals surface area contributed by atoms with E-state index in [0.29, 0.717) is 24.8 Å². The van der Waals surface area contributed by atoms with Crippen molar-refractivity contribution in [2.75, 3.05) is 18.8 Å². The normalized spacial score (nSPS) is 17.9. The van der Waals surface area contributed by atoms with Crippen LogP contribution in [0, 0.1) is 0 Å². The molecular formula is C29H32N6O2. The van der Waals surface area contributed by atoms with Crippen LogP contribution < -0.4 is 5.73 Å². The SMILES string of the molecule is CC(C)(C)OC(=O)N1CCC(c2ccc(-n3c(-c4cccnc4N)nc4ccc(C5CC5)nc43)cc2)C1. The lowest BCUT2D eigenvalue weighted by Crippen LogP contribution is -2.35. The number of fused-ring (bicyclic) bond motifs is 1. The Bertz CT molecular complexity index is 1470. The van der Waals surface area contributed by atoms with Crippen molar-refractivity contribution in [3.05, 3.63) is 66.0 Å². The average Bonchev–Trinajstić information content (AvgIpc) is 3.47. The average molecular weight is 497 g/mol. The molecule has 3 aromatic heterocycles. The second kappa shape index (κ2) is 8.87. The first-order valence-corrected chi connectivity index (χ1v) is 13.0. The van der Waals surface area contributed by atoms with Gasteiger partial charge in [-0.3, -0.25) is 4.57 Å². The van der Waals surface area contributed by atoms with Crippen LogP contribution >= 0.6 is 0 Å². The third kappa shape index (κ3) is 4.63. The number of ether oxygens (including phenoxy) is 1. The predicted octanol–water partition coefficient (Wildman–Crippen LogP) is 5.67. The molecule has 1 aliphatic heterocycles. The van der Waals surface area contributed by atoms with Gasteiger partial charge in [-0.15, -0.1) is 0 Å². The first-order chi connectivity index (χ1) is 17.8. The fourth-order valence-electron chi connectivity index (χ4n) is 5.03. The van der Waals surface area contributed by atoms with E-state index in [0.717, 1.165) is 40.4 Å². The molecule has 8 nitrogen and oxygen atoms in total. The zero-order valence-corrected chi connectivity index (χ0v) is 21.5. The summed E-state index contributed by atoms with van der Waals surface area (Å²) in [5.41, 5.74) is 11.5. The molecule has 1 aliphatic carbocycles. The first kappa shape index (κ1) is 23.5. The molecule has 1 unspecified atom stereocenters. The molecule has 1 atom stereocenters. The number of pyridine rings is 2. The number of aromatic nitrogens is 4. The van der Waals surface area contributed by atoms with Gasteiger partial charge in [0.05, 0.1) is 5.56 Å². The zero-order chi connectivity index (χ0) is 25.7. The van der Waals surface area contributed by atoms with Crippen LogP contribution in [0.3, 0.4) is 0 Å². The molecule has 6 rings (SSSR count). The van der Waals surface area contributed by atoms with Crippen molar-refractivity contribution in [3.8, 4) is 17.1 Å². The molecule has 0 spiro atoms. The van der Waals surface area contributed by atoms with Crippen LogP contribution in [0.25, 0.3) is 28.2 Å². The van der Waals surface area contributed by atoms with Gasteiger partial charge in [0.1, 0.15) is 16.9 Å². The highest BCUT2D eigenvalue weighted by Crippen LogP contribution is 2.40. The topological polar surface area (TPSA) is 99.2 Å². The third-order valence-corrected chi connectivity index (χ3v) is 7.06. The van der Waals surface area contributed by atoms with Gasteiger partial charge in [0.25, 0.3) is 0 Å². The number of hydrogen-bond donors (Lipinski definition) is 1. The van der Waals surface area contributed by atoms with Crippen molar-refractivity contribution in [1.29, 1.82) is 0 Å². The summed E-state index contributed by atoms with van der Waals surface area (Å²) < 4.78 is 7.65. The molecule has 1 amide bonds. The van der Waals surface area contributed by atoms with Gasteiger partial charge in [-0.2, -0.15) is 0 Å². The lowest BCUT2D eigenvalue weighted by atomic mass is 9.98. The van der Waals surface area contributed by atoms with Crippen molar-refractivity contribution in [3.63, 3.8) is 0 Å². The Labute approximate surface area is 216 Å². The molecule has 4 aromatic rings. The second-order valence-electron chi connectivity index (χ2n) is 11.1. The van der Waals surface area contributed by atoms with E-state index >= 15 is 0 Å². The number of likely N-dealkylation sites (tertiary alicyclic amines) is 1. The Hall–Kier alpha value is -3.94. The van der Waals surface area contributed by atoms with Crippen LogP contribution in [-0.4, -0.2) is 49.2 Å². The van der Waals surface area contributed by atoms with E-state index < -0.39 is 5.60 Å². The fourth-order valence-corrected chi connectivity index (χ4v) is 5.03. The molecule has 1 saturated carbocycles. The summed E-state index contributed by atoms with van der Waals surface area (Å²) >= 11 is 0. The molecule has 2 N–H and O–H groups in total. The minimum Gasteiger partial charge on any atom is -0.444 e. The highest BCUT2D eigenvalue weighted by Gasteiger charge is 2.31. The molecule has 37 heavy (non-hydrogen) atoms. The predicted molar refractivity (Wildman–Crippen MR) is 144 cm³/mol. The lowest BCUT2D eigenvalue weighted by Gasteiger charge is -2.24. The van der Waals surface area contributed by atoms with Crippen LogP contribution in [0.15, 0.2) is 54.7 Å². The molecule has 0 radical (unpaired) electrons. The number of carbonyl (C=O) groups is 1. The number of hydrogen-bond acceptors (Lipinski definition) is 6.